The van der Waals surface area contributed by atoms with E-state index in [2.05, 4.69) is 149 Å². The number of nitrogens with one attached hydrogen (secondary N) is 1. The molecule has 0 spiro atoms. The number of hydrogen-bond acceptors (Lipinski definition) is 4. The molecule has 0 aliphatic carbocycles. The molecule has 2 heterocycles. The van der Waals surface area contributed by atoms with Gasteiger partial charge in [-0.2, -0.15) is 0 Å². The minimum absolute atomic E-state index is 0.672. The second kappa shape index (κ2) is 12.1. The molecule has 226 valence electrons. The minimum Gasteiger partial charge on any atom is -0.453 e. The van der Waals surface area contributed by atoms with Crippen molar-refractivity contribution >= 4 is 17.1 Å². The Balaban J connectivity index is 1.39. The third-order valence-electron chi connectivity index (χ3n) is 9.04. The lowest BCUT2D eigenvalue weighted by Gasteiger charge is -2.38. The Morgan fingerprint density at radius 3 is 1.72 bits per heavy atom. The molecule has 1 aromatic heterocycles. The highest BCUT2D eigenvalue weighted by Crippen LogP contribution is 2.51. The number of ether oxygens (including phenoxy) is 1. The summed E-state index contributed by atoms with van der Waals surface area (Å²) in [6, 6.07) is 57.6. The molecule has 4 nitrogen and oxygen atoms in total. The molecule has 8 rings (SSSR count). The first-order chi connectivity index (χ1) is 23.2. The fourth-order valence-corrected chi connectivity index (χ4v) is 6.80. The Morgan fingerprint density at radius 2 is 1.09 bits per heavy atom. The highest BCUT2D eigenvalue weighted by Gasteiger charge is 2.36. The summed E-state index contributed by atoms with van der Waals surface area (Å²) < 4.78 is 6.39. The topological polar surface area (TPSA) is 37.4 Å². The molecule has 1 aliphatic heterocycles. The van der Waals surface area contributed by atoms with Crippen LogP contribution < -0.4 is 15.0 Å². The molecule has 0 saturated heterocycles. The highest BCUT2D eigenvalue weighted by molar-refractivity contribution is 5.88. The third kappa shape index (κ3) is 5.05. The van der Waals surface area contributed by atoms with Gasteiger partial charge < -0.3 is 15.0 Å². The van der Waals surface area contributed by atoms with Gasteiger partial charge in [0, 0.05) is 23.6 Å². The van der Waals surface area contributed by atoms with E-state index in [0.717, 1.165) is 56.4 Å². The van der Waals surface area contributed by atoms with Crippen LogP contribution in [0.4, 0.5) is 17.1 Å². The smallest absolute Gasteiger partial charge is 0.151 e. The van der Waals surface area contributed by atoms with Crippen LogP contribution in [0.2, 0.25) is 0 Å². The highest BCUT2D eigenvalue weighted by atomic mass is 16.5. The van der Waals surface area contributed by atoms with E-state index in [1.807, 2.05) is 49.8 Å². The zero-order chi connectivity index (χ0) is 31.6. The van der Waals surface area contributed by atoms with Gasteiger partial charge >= 0.3 is 0 Å². The quantitative estimate of drug-likeness (QED) is 0.183. The van der Waals surface area contributed by atoms with Crippen molar-refractivity contribution in [3.63, 3.8) is 0 Å². The van der Waals surface area contributed by atoms with Gasteiger partial charge in [0.1, 0.15) is 0 Å². The summed E-state index contributed by atoms with van der Waals surface area (Å²) in [5, 5.41) is 3.81. The SMILES string of the molecule is CNC(c1ccccc1)(c1ccc(-c2ccccc2)cc1)c1cc(-c2cccnc2)cc(N2c3ccccc3Oc3ccccc32)c1. The van der Waals surface area contributed by atoms with E-state index in [0.29, 0.717) is 0 Å². The summed E-state index contributed by atoms with van der Waals surface area (Å²) in [6.45, 7) is 0. The average molecular weight is 608 g/mol. The zero-order valence-electron chi connectivity index (χ0n) is 26.0. The molecule has 0 radical (unpaired) electrons. The molecule has 0 fully saturated rings. The second-order valence-corrected chi connectivity index (χ2v) is 11.7. The first-order valence-electron chi connectivity index (χ1n) is 15.9. The van der Waals surface area contributed by atoms with Crippen molar-refractivity contribution in [1.29, 1.82) is 0 Å². The van der Waals surface area contributed by atoms with Crippen molar-refractivity contribution in [1.82, 2.24) is 10.3 Å². The molecule has 0 amide bonds. The van der Waals surface area contributed by atoms with Crippen molar-refractivity contribution in [3.05, 3.63) is 193 Å². The largest absolute Gasteiger partial charge is 0.453 e. The predicted octanol–water partition coefficient (Wildman–Crippen LogP) is 10.5. The van der Waals surface area contributed by atoms with Crippen LogP contribution in [0, 0.1) is 0 Å². The Kier molecular flexibility index (Phi) is 7.33. The van der Waals surface area contributed by atoms with Crippen LogP contribution >= 0.6 is 0 Å². The van der Waals surface area contributed by atoms with Crippen molar-refractivity contribution in [3.8, 4) is 33.8 Å². The van der Waals surface area contributed by atoms with Crippen LogP contribution in [0.25, 0.3) is 22.3 Å². The van der Waals surface area contributed by atoms with Gasteiger partial charge in [-0.25, -0.2) is 0 Å². The molecule has 4 heteroatoms. The number of anilines is 3. The minimum atomic E-state index is -0.672. The molecule has 1 N–H and O–H groups in total. The van der Waals surface area contributed by atoms with Gasteiger partial charge in [0.25, 0.3) is 0 Å². The van der Waals surface area contributed by atoms with Crippen LogP contribution in [0.1, 0.15) is 16.7 Å². The lowest BCUT2D eigenvalue weighted by Crippen LogP contribution is -2.42. The molecule has 1 aliphatic rings. The van der Waals surface area contributed by atoms with Crippen LogP contribution in [0.3, 0.4) is 0 Å². The molecular formula is C43H33N3O. The summed E-state index contributed by atoms with van der Waals surface area (Å²) in [7, 11) is 2.05. The number of hydrogen-bond donors (Lipinski definition) is 1. The van der Waals surface area contributed by atoms with Crippen LogP contribution in [0.5, 0.6) is 11.5 Å². The van der Waals surface area contributed by atoms with Gasteiger partial charge in [-0.05, 0) is 89.0 Å². The number of rotatable bonds is 7. The first-order valence-corrected chi connectivity index (χ1v) is 15.9. The van der Waals surface area contributed by atoms with Crippen LogP contribution in [-0.4, -0.2) is 12.0 Å². The average Bonchev–Trinajstić information content (AvgIpc) is 3.15. The molecule has 1 unspecified atom stereocenters. The fourth-order valence-electron chi connectivity index (χ4n) is 6.80. The number of nitrogens with zero attached hydrogens (tertiary/aromatic N) is 2. The lowest BCUT2D eigenvalue weighted by atomic mass is 9.76. The molecule has 6 aromatic carbocycles. The molecule has 47 heavy (non-hydrogen) atoms. The Bertz CT molecular complexity index is 2100. The summed E-state index contributed by atoms with van der Waals surface area (Å²) >= 11 is 0. The molecular weight excluding hydrogens is 574 g/mol. The molecule has 0 bridgehead atoms. The number of pyridine rings is 1. The zero-order valence-corrected chi connectivity index (χ0v) is 26.0. The van der Waals surface area contributed by atoms with Gasteiger partial charge in [0.05, 0.1) is 16.9 Å². The number of aromatic nitrogens is 1. The Labute approximate surface area is 275 Å². The summed E-state index contributed by atoms with van der Waals surface area (Å²) in [5.74, 6) is 1.64. The maximum atomic E-state index is 6.39. The monoisotopic (exact) mass is 607 g/mol. The maximum absolute atomic E-state index is 6.39. The van der Waals surface area contributed by atoms with E-state index < -0.39 is 5.54 Å². The van der Waals surface area contributed by atoms with Gasteiger partial charge in [0.2, 0.25) is 0 Å². The maximum Gasteiger partial charge on any atom is 0.151 e. The van der Waals surface area contributed by atoms with E-state index in [9.17, 15) is 0 Å². The Morgan fingerprint density at radius 1 is 0.511 bits per heavy atom. The normalized spacial score (nSPS) is 13.2. The first kappa shape index (κ1) is 28.5. The van der Waals surface area contributed by atoms with Crippen LogP contribution in [-0.2, 0) is 5.54 Å². The van der Waals surface area contributed by atoms with Gasteiger partial charge in [0.15, 0.2) is 11.5 Å². The predicted molar refractivity (Wildman–Crippen MR) is 192 cm³/mol. The Hall–Kier alpha value is -5.97. The van der Waals surface area contributed by atoms with Crippen molar-refractivity contribution in [2.75, 3.05) is 11.9 Å². The van der Waals surface area contributed by atoms with Crippen molar-refractivity contribution in [2.24, 2.45) is 0 Å². The molecule has 1 atom stereocenters. The van der Waals surface area contributed by atoms with E-state index >= 15 is 0 Å². The standard InChI is InChI=1S/C43H33N3O/c1-44-43(35-16-6-3-7-17-35,36-24-22-32(23-25-36)31-13-4-2-5-14-31)37-27-34(33-15-12-26-45-30-33)28-38(29-37)46-39-18-8-10-20-41(39)47-42-21-11-9-19-40(42)46/h2-30,44H,1H3. The van der Waals surface area contributed by atoms with Crippen molar-refractivity contribution in [2.45, 2.75) is 5.54 Å². The van der Waals surface area contributed by atoms with Gasteiger partial charge in [-0.3, -0.25) is 4.98 Å². The van der Waals surface area contributed by atoms with E-state index in [4.69, 9.17) is 4.74 Å². The van der Waals surface area contributed by atoms with E-state index in [-0.39, 0.29) is 0 Å². The van der Waals surface area contributed by atoms with Gasteiger partial charge in [-0.15, -0.1) is 0 Å². The molecule has 0 saturated carbocycles. The summed E-state index contributed by atoms with van der Waals surface area (Å²) in [4.78, 5) is 6.80. The van der Waals surface area contributed by atoms with E-state index in [1.165, 1.54) is 11.1 Å². The number of para-hydroxylation sites is 4. The number of benzene rings is 6. The fraction of sp³-hybridized carbons (Fsp3) is 0.0465. The summed E-state index contributed by atoms with van der Waals surface area (Å²) in [6.07, 6.45) is 3.75. The van der Waals surface area contributed by atoms with Gasteiger partial charge in [-0.1, -0.05) is 115 Å². The summed E-state index contributed by atoms with van der Waals surface area (Å²) in [5.41, 5.74) is 10.2. The third-order valence-corrected chi connectivity index (χ3v) is 9.04. The van der Waals surface area contributed by atoms with Crippen LogP contribution in [0.15, 0.2) is 176 Å². The molecule has 7 aromatic rings. The van der Waals surface area contributed by atoms with E-state index in [1.54, 1.807) is 0 Å². The van der Waals surface area contributed by atoms with Crippen molar-refractivity contribution < 1.29 is 4.74 Å². The second-order valence-electron chi connectivity index (χ2n) is 11.7. The number of fused-ring (bicyclic) bond motifs is 2. The lowest BCUT2D eigenvalue weighted by molar-refractivity contribution is 0.477.